The van der Waals surface area contributed by atoms with Gasteiger partial charge in [-0.3, -0.25) is 4.98 Å². The van der Waals surface area contributed by atoms with Gasteiger partial charge < -0.3 is 14.7 Å². The highest BCUT2D eigenvalue weighted by Gasteiger charge is 2.45. The molecule has 5 nitrogen and oxygen atoms in total. The molecule has 0 spiro atoms. The summed E-state index contributed by atoms with van der Waals surface area (Å²) in [5.41, 5.74) is 0.680. The van der Waals surface area contributed by atoms with Crippen LogP contribution in [-0.4, -0.2) is 40.9 Å². The van der Waals surface area contributed by atoms with E-state index in [0.29, 0.717) is 0 Å². The maximum Gasteiger partial charge on any atom is 0.167 e. The smallest absolute Gasteiger partial charge is 0.167 e. The van der Waals surface area contributed by atoms with Gasteiger partial charge in [-0.25, -0.2) is 13.8 Å². The first-order chi connectivity index (χ1) is 12.6. The van der Waals surface area contributed by atoms with E-state index in [-0.39, 0.29) is 23.9 Å². The van der Waals surface area contributed by atoms with Gasteiger partial charge >= 0.3 is 0 Å². The minimum atomic E-state index is -0.674. The fourth-order valence-corrected chi connectivity index (χ4v) is 3.36. The van der Waals surface area contributed by atoms with Crippen molar-refractivity contribution in [2.45, 2.75) is 37.2 Å². The third-order valence-corrected chi connectivity index (χ3v) is 5.29. The maximum atomic E-state index is 13.7. The lowest BCUT2D eigenvalue weighted by Gasteiger charge is -2.32. The molecule has 1 N–H and O–H groups in total. The molecule has 1 aromatic carbocycles. The van der Waals surface area contributed by atoms with Crippen molar-refractivity contribution in [1.29, 1.82) is 0 Å². The van der Waals surface area contributed by atoms with Crippen LogP contribution in [0.4, 0.5) is 14.6 Å². The monoisotopic (exact) mass is 361 g/mol. The van der Waals surface area contributed by atoms with E-state index in [2.05, 4.69) is 14.9 Å². The van der Waals surface area contributed by atoms with Gasteiger partial charge in [0.1, 0.15) is 17.7 Å². The second-order valence-corrected chi connectivity index (χ2v) is 7.08. The number of rotatable bonds is 5. The molecule has 1 saturated heterocycles. The van der Waals surface area contributed by atoms with Crippen molar-refractivity contribution in [2.24, 2.45) is 0 Å². The van der Waals surface area contributed by atoms with Gasteiger partial charge in [0, 0.05) is 37.4 Å². The molecule has 1 aliphatic carbocycles. The van der Waals surface area contributed by atoms with E-state index in [1.54, 1.807) is 12.4 Å². The van der Waals surface area contributed by atoms with E-state index in [9.17, 15) is 13.9 Å². The number of hydrogen-bond donors (Lipinski definition) is 1. The highest BCUT2D eigenvalue weighted by atomic mass is 19.1. The summed E-state index contributed by atoms with van der Waals surface area (Å²) in [5.74, 6) is -0.394. The number of halogens is 2. The first-order valence-electron chi connectivity index (χ1n) is 8.90. The third-order valence-electron chi connectivity index (χ3n) is 5.29. The fraction of sp³-hybridized carbons (Fsp3) is 0.474. The Bertz CT molecular complexity index is 773. The lowest BCUT2D eigenvalue weighted by atomic mass is 10.0. The normalized spacial score (nSPS) is 19.4. The number of aromatic nitrogens is 2. The molecule has 2 fully saturated rings. The van der Waals surface area contributed by atoms with Crippen LogP contribution in [0.25, 0.3) is 0 Å². The van der Waals surface area contributed by atoms with E-state index < -0.39 is 11.6 Å². The van der Waals surface area contributed by atoms with E-state index in [4.69, 9.17) is 4.74 Å². The number of anilines is 1. The first-order valence-corrected chi connectivity index (χ1v) is 8.90. The Kier molecular flexibility index (Phi) is 4.48. The summed E-state index contributed by atoms with van der Waals surface area (Å²) in [6, 6.07) is 3.36. The van der Waals surface area contributed by atoms with Gasteiger partial charge in [0.25, 0.3) is 0 Å². The van der Waals surface area contributed by atoms with Gasteiger partial charge in [-0.15, -0.1) is 0 Å². The summed E-state index contributed by atoms with van der Waals surface area (Å²) >= 11 is 0. The van der Waals surface area contributed by atoms with Crippen LogP contribution in [0.15, 0.2) is 30.6 Å². The van der Waals surface area contributed by atoms with Crippen molar-refractivity contribution < 1.29 is 18.6 Å². The van der Waals surface area contributed by atoms with Gasteiger partial charge in [0.2, 0.25) is 0 Å². The van der Waals surface area contributed by atoms with Gasteiger partial charge in [0.15, 0.2) is 11.6 Å². The predicted octanol–water partition coefficient (Wildman–Crippen LogP) is 2.83. The second kappa shape index (κ2) is 6.79. The van der Waals surface area contributed by atoms with Gasteiger partial charge in [-0.2, -0.15) is 0 Å². The molecule has 0 bridgehead atoms. The number of hydrogen-bond acceptors (Lipinski definition) is 5. The van der Waals surface area contributed by atoms with Crippen LogP contribution < -0.4 is 9.64 Å². The van der Waals surface area contributed by atoms with Crippen molar-refractivity contribution in [3.8, 4) is 5.75 Å². The molecule has 7 heteroatoms. The van der Waals surface area contributed by atoms with Crippen LogP contribution in [-0.2, 0) is 5.41 Å². The Morgan fingerprint density at radius 1 is 1.15 bits per heavy atom. The van der Waals surface area contributed by atoms with E-state index in [1.165, 1.54) is 12.1 Å². The maximum absolute atomic E-state index is 13.7. The summed E-state index contributed by atoms with van der Waals surface area (Å²) in [6.07, 6.45) is 6.77. The lowest BCUT2D eigenvalue weighted by molar-refractivity contribution is 0.163. The van der Waals surface area contributed by atoms with Gasteiger partial charge in [-0.05, 0) is 25.0 Å². The summed E-state index contributed by atoms with van der Waals surface area (Å²) in [7, 11) is 0. The average Bonchev–Trinajstić information content (AvgIpc) is 3.46. The van der Waals surface area contributed by atoms with E-state index in [1.807, 2.05) is 0 Å². The molecular weight excluding hydrogens is 340 g/mol. The van der Waals surface area contributed by atoms with Crippen molar-refractivity contribution in [2.75, 3.05) is 24.6 Å². The zero-order valence-corrected chi connectivity index (χ0v) is 14.4. The lowest BCUT2D eigenvalue weighted by Crippen LogP contribution is -2.39. The van der Waals surface area contributed by atoms with Crippen molar-refractivity contribution in [3.63, 3.8) is 0 Å². The molecule has 0 radical (unpaired) electrons. The Morgan fingerprint density at radius 3 is 2.50 bits per heavy atom. The zero-order valence-electron chi connectivity index (χ0n) is 14.4. The highest BCUT2D eigenvalue weighted by Crippen LogP contribution is 2.46. The molecule has 1 saturated carbocycles. The van der Waals surface area contributed by atoms with E-state index in [0.717, 1.165) is 56.4 Å². The van der Waals surface area contributed by atoms with Crippen LogP contribution in [0.1, 0.15) is 31.4 Å². The SMILES string of the molecule is OCC1(c2cnc(N3CCC(Oc4ccc(F)cc4F)CC3)cn2)CC1. The molecule has 1 aromatic heterocycles. The van der Waals surface area contributed by atoms with Crippen molar-refractivity contribution in [3.05, 3.63) is 47.9 Å². The van der Waals surface area contributed by atoms with Crippen LogP contribution in [0.5, 0.6) is 5.75 Å². The summed E-state index contributed by atoms with van der Waals surface area (Å²) < 4.78 is 32.3. The molecule has 2 aromatic rings. The van der Waals surface area contributed by atoms with Crippen LogP contribution in [0, 0.1) is 11.6 Å². The van der Waals surface area contributed by atoms with Crippen molar-refractivity contribution >= 4 is 5.82 Å². The molecule has 0 amide bonds. The topological polar surface area (TPSA) is 58.5 Å². The third kappa shape index (κ3) is 3.35. The number of nitrogens with zero attached hydrogens (tertiary/aromatic N) is 3. The standard InChI is InChI=1S/C19H21F2N3O2/c20-13-1-2-16(15(21)9-13)26-14-3-7-24(8-4-14)18-11-22-17(10-23-18)19(12-25)5-6-19/h1-2,9-11,14,25H,3-8,12H2. The second-order valence-electron chi connectivity index (χ2n) is 7.08. The number of piperidine rings is 1. The average molecular weight is 361 g/mol. The Balaban J connectivity index is 1.34. The summed E-state index contributed by atoms with van der Waals surface area (Å²) in [4.78, 5) is 11.1. The molecule has 2 aliphatic rings. The molecule has 2 heterocycles. The molecule has 26 heavy (non-hydrogen) atoms. The van der Waals surface area contributed by atoms with E-state index >= 15 is 0 Å². The molecule has 1 aliphatic heterocycles. The fourth-order valence-electron chi connectivity index (χ4n) is 3.36. The minimum Gasteiger partial charge on any atom is -0.487 e. The molecule has 4 rings (SSSR count). The molecule has 0 unspecified atom stereocenters. The minimum absolute atomic E-state index is 0.0905. The van der Waals surface area contributed by atoms with Crippen LogP contribution >= 0.6 is 0 Å². The predicted molar refractivity (Wildman–Crippen MR) is 92.3 cm³/mol. The number of aliphatic hydroxyl groups excluding tert-OH is 1. The number of benzene rings is 1. The van der Waals surface area contributed by atoms with Gasteiger partial charge in [0.05, 0.1) is 24.7 Å². The Labute approximate surface area is 150 Å². The largest absolute Gasteiger partial charge is 0.487 e. The number of aliphatic hydroxyl groups is 1. The Hall–Kier alpha value is -2.28. The molecule has 138 valence electrons. The quantitative estimate of drug-likeness (QED) is 0.887. The first kappa shape index (κ1) is 17.1. The summed E-state index contributed by atoms with van der Waals surface area (Å²) in [6.45, 7) is 1.57. The van der Waals surface area contributed by atoms with Crippen LogP contribution in [0.3, 0.4) is 0 Å². The summed E-state index contributed by atoms with van der Waals surface area (Å²) in [5, 5.41) is 9.47. The highest BCUT2D eigenvalue weighted by molar-refractivity contribution is 5.38. The molecule has 0 atom stereocenters. The zero-order chi connectivity index (χ0) is 18.1. The van der Waals surface area contributed by atoms with Crippen molar-refractivity contribution in [1.82, 2.24) is 9.97 Å². The van der Waals surface area contributed by atoms with Crippen LogP contribution in [0.2, 0.25) is 0 Å². The number of ether oxygens (including phenoxy) is 1. The Morgan fingerprint density at radius 2 is 1.92 bits per heavy atom. The van der Waals surface area contributed by atoms with Gasteiger partial charge in [-0.1, -0.05) is 0 Å². The molecular formula is C19H21F2N3O2.